The molecule has 0 aromatic heterocycles. The van der Waals surface area contributed by atoms with E-state index < -0.39 is 0 Å². The smallest absolute Gasteiger partial charge is 0.217 e. The van der Waals surface area contributed by atoms with Crippen molar-refractivity contribution in [1.82, 2.24) is 0 Å². The van der Waals surface area contributed by atoms with E-state index in [0.29, 0.717) is 19.3 Å². The number of carbonyl (C=O) groups excluding carboxylic acids is 2. The molecule has 0 bridgehead atoms. The molecule has 0 aliphatic carbocycles. The molecule has 0 unspecified atom stereocenters. The highest BCUT2D eigenvalue weighted by Crippen LogP contribution is 1.88. The van der Waals surface area contributed by atoms with Crippen LogP contribution in [0.2, 0.25) is 0 Å². The van der Waals surface area contributed by atoms with E-state index in [2.05, 4.69) is 0 Å². The van der Waals surface area contributed by atoms with E-state index >= 15 is 0 Å². The molecule has 0 heterocycles. The van der Waals surface area contributed by atoms with Crippen LogP contribution in [0.1, 0.15) is 20.7 Å². The molecule has 8 heavy (non-hydrogen) atoms. The van der Waals surface area contributed by atoms with E-state index in [1.807, 2.05) is 0 Å². The summed E-state index contributed by atoms with van der Waals surface area (Å²) >= 11 is 0. The largest absolute Gasteiger partial charge is 0.370 e. The van der Waals surface area contributed by atoms with Crippen LogP contribution in [0.5, 0.6) is 0 Å². The van der Waals surface area contributed by atoms with Crippen LogP contribution in [0.3, 0.4) is 0 Å². The van der Waals surface area contributed by atoms with E-state index in [1.165, 1.54) is 0 Å². The lowest BCUT2D eigenvalue weighted by Gasteiger charge is -1.86. The fourth-order valence-electron chi connectivity index (χ4n) is 0.360. The Morgan fingerprint density at radius 3 is 2.75 bits per heavy atom. The van der Waals surface area contributed by atoms with Gasteiger partial charge in [0, 0.05) is 14.3 Å². The van der Waals surface area contributed by atoms with Crippen molar-refractivity contribution in [2.45, 2.75) is 19.3 Å². The predicted octanol–water partition coefficient (Wildman–Crippen LogP) is 0.0869. The maximum Gasteiger partial charge on any atom is 0.217 e. The Morgan fingerprint density at radius 2 is 2.38 bits per heavy atom. The summed E-state index contributed by atoms with van der Waals surface area (Å²) < 4.78 is 0. The van der Waals surface area contributed by atoms with Crippen molar-refractivity contribution in [3.63, 3.8) is 0 Å². The van der Waals surface area contributed by atoms with Gasteiger partial charge in [0.2, 0.25) is 5.91 Å². The number of rotatable bonds is 4. The Morgan fingerprint density at radius 1 is 1.75 bits per heavy atom. The molecule has 48 valence electrons. The van der Waals surface area contributed by atoms with Crippen molar-refractivity contribution in [2.24, 2.45) is 5.73 Å². The molecule has 0 atom stereocenters. The van der Waals surface area contributed by atoms with Gasteiger partial charge in [-0.25, -0.2) is 0 Å². The van der Waals surface area contributed by atoms with Gasteiger partial charge in [0.05, 0.1) is 0 Å². The summed E-state index contributed by atoms with van der Waals surface area (Å²) in [6, 6.07) is 0. The Bertz CT molecular complexity index is 95.0. The molecule has 0 aliphatic rings. The quantitative estimate of drug-likeness (QED) is 0.419. The van der Waals surface area contributed by atoms with Crippen molar-refractivity contribution in [2.75, 3.05) is 0 Å². The third-order valence-electron chi connectivity index (χ3n) is 0.745. The van der Waals surface area contributed by atoms with Crippen LogP contribution in [0.15, 0.2) is 0 Å². The second-order valence-corrected chi connectivity index (χ2v) is 1.53. The number of amides is 1. The monoisotopic (exact) mass is 117 g/mol. The van der Waals surface area contributed by atoms with Gasteiger partial charge in [-0.1, -0.05) is 0 Å². The number of primary amides is 1. The van der Waals surface area contributed by atoms with E-state index in [4.69, 9.17) is 5.73 Å². The van der Waals surface area contributed by atoms with Gasteiger partial charge in [-0.05, 0) is 6.42 Å². The van der Waals surface area contributed by atoms with Crippen molar-refractivity contribution in [1.29, 1.82) is 0 Å². The molecule has 0 spiro atoms. The van der Waals surface area contributed by atoms with E-state index in [0.717, 1.165) is 6.29 Å². The first-order chi connectivity index (χ1) is 3.77. The topological polar surface area (TPSA) is 60.2 Å². The van der Waals surface area contributed by atoms with Gasteiger partial charge in [-0.15, -0.1) is 0 Å². The van der Waals surface area contributed by atoms with Gasteiger partial charge in [-0.3, -0.25) is 4.79 Å². The minimum atomic E-state index is -0.341. The second kappa shape index (κ2) is 4.30. The maximum absolute atomic E-state index is 9.98. The number of carbonyl (C=O) groups is 2. The van der Waals surface area contributed by atoms with E-state index in [9.17, 15) is 9.59 Å². The Kier molecular flexibility index (Phi) is 3.84. The van der Waals surface area contributed by atoms with Gasteiger partial charge in [0.1, 0.15) is 6.29 Å². The summed E-state index contributed by atoms with van der Waals surface area (Å²) in [6.07, 6.45) is 2.11. The molecule has 0 aromatic carbocycles. The first kappa shape index (κ1) is 7.14. The fourth-order valence-corrected chi connectivity index (χ4v) is 0.360. The van der Waals surface area contributed by atoms with E-state index in [1.54, 1.807) is 0 Å². The average molecular weight is 117 g/mol. The Labute approximate surface area is 49.3 Å². The van der Waals surface area contributed by atoms with Gasteiger partial charge >= 0.3 is 0 Å². The molecule has 3 heteroatoms. The number of hydrogen-bond donors (Lipinski definition) is 1. The average Bonchev–Trinajstić information content (AvgIpc) is 1.66. The van der Waals surface area contributed by atoms with Crippen molar-refractivity contribution in [3.8, 4) is 0 Å². The van der Waals surface area contributed by atoms with Gasteiger partial charge in [0.25, 0.3) is 0 Å². The first-order valence-corrected chi connectivity index (χ1v) is 2.49. The third kappa shape index (κ3) is 5.14. The van der Waals surface area contributed by atoms with Crippen LogP contribution in [0.25, 0.3) is 0 Å². The molecule has 0 aromatic rings. The van der Waals surface area contributed by atoms with Gasteiger partial charge in [-0.2, -0.15) is 0 Å². The number of nitrogens with two attached hydrogens (primary N) is 1. The standard InChI is InChI=1S/C5H9NO2.H2/c6-5(8)3-1-2-4-7;/h4H,1-3H2,(H2,6,8);1H. The van der Waals surface area contributed by atoms with Gasteiger partial charge in [0.15, 0.2) is 0 Å². The van der Waals surface area contributed by atoms with Crippen LogP contribution in [0, 0.1) is 0 Å². The van der Waals surface area contributed by atoms with Crippen molar-refractivity contribution < 1.29 is 11.0 Å². The highest BCUT2D eigenvalue weighted by atomic mass is 16.1. The molecule has 0 saturated carbocycles. The highest BCUT2D eigenvalue weighted by Gasteiger charge is 1.90. The molecular formula is C5H11NO2. The zero-order valence-corrected chi connectivity index (χ0v) is 4.59. The predicted molar refractivity (Wildman–Crippen MR) is 31.2 cm³/mol. The zero-order valence-electron chi connectivity index (χ0n) is 4.59. The number of unbranched alkanes of at least 4 members (excludes halogenated alkanes) is 1. The fraction of sp³-hybridized carbons (Fsp3) is 0.600. The lowest BCUT2D eigenvalue weighted by molar-refractivity contribution is -0.118. The van der Waals surface area contributed by atoms with Crippen molar-refractivity contribution >= 4 is 12.2 Å². The van der Waals surface area contributed by atoms with Crippen LogP contribution >= 0.6 is 0 Å². The minimum Gasteiger partial charge on any atom is -0.370 e. The molecule has 3 nitrogen and oxygen atoms in total. The zero-order chi connectivity index (χ0) is 6.41. The van der Waals surface area contributed by atoms with Crippen LogP contribution in [0.4, 0.5) is 0 Å². The Hall–Kier alpha value is -0.860. The molecular weight excluding hydrogens is 106 g/mol. The summed E-state index contributed by atoms with van der Waals surface area (Å²) in [7, 11) is 0. The summed E-state index contributed by atoms with van der Waals surface area (Å²) in [5.41, 5.74) is 4.78. The van der Waals surface area contributed by atoms with Gasteiger partial charge < -0.3 is 10.5 Å². The summed E-state index contributed by atoms with van der Waals surface area (Å²) in [6.45, 7) is 0. The molecule has 0 radical (unpaired) electrons. The third-order valence-corrected chi connectivity index (χ3v) is 0.745. The lowest BCUT2D eigenvalue weighted by atomic mass is 10.2. The summed E-state index contributed by atoms with van der Waals surface area (Å²) in [5, 5.41) is 0. The first-order valence-electron chi connectivity index (χ1n) is 2.49. The van der Waals surface area contributed by atoms with Crippen LogP contribution < -0.4 is 5.73 Å². The highest BCUT2D eigenvalue weighted by molar-refractivity contribution is 5.73. The SMILES string of the molecule is NC(=O)CCCC=O.[HH]. The lowest BCUT2D eigenvalue weighted by Crippen LogP contribution is -2.09. The van der Waals surface area contributed by atoms with Crippen LogP contribution in [-0.4, -0.2) is 12.2 Å². The summed E-state index contributed by atoms with van der Waals surface area (Å²) in [4.78, 5) is 19.6. The second-order valence-electron chi connectivity index (χ2n) is 1.53. The maximum atomic E-state index is 9.98. The number of aldehydes is 1. The molecule has 2 N–H and O–H groups in total. The van der Waals surface area contributed by atoms with E-state index in [-0.39, 0.29) is 7.33 Å². The molecule has 0 aliphatic heterocycles. The number of hydrogen-bond acceptors (Lipinski definition) is 2. The van der Waals surface area contributed by atoms with Crippen molar-refractivity contribution in [3.05, 3.63) is 0 Å². The van der Waals surface area contributed by atoms with Crippen LogP contribution in [-0.2, 0) is 9.59 Å². The summed E-state index contributed by atoms with van der Waals surface area (Å²) in [5.74, 6) is -0.341. The molecule has 0 saturated heterocycles. The molecule has 0 fully saturated rings. The minimum absolute atomic E-state index is 0. The Balaban J connectivity index is 0. The normalized spacial score (nSPS) is 8.50. The molecule has 0 rings (SSSR count). The molecule has 1 amide bonds.